The first kappa shape index (κ1) is 15.6. The molecular formula is C17H12N4O2S. The van der Waals surface area contributed by atoms with Crippen LogP contribution in [0.1, 0.15) is 22.8 Å². The van der Waals surface area contributed by atoms with E-state index in [0.717, 1.165) is 10.2 Å². The van der Waals surface area contributed by atoms with E-state index in [9.17, 15) is 9.59 Å². The Morgan fingerprint density at radius 2 is 2.00 bits per heavy atom. The molecule has 0 saturated heterocycles. The first-order chi connectivity index (χ1) is 11.5. The standard InChI is InChI=1S/C17H12N4O2S/c1-10(22)19-13-5-6-14-15(8-13)24-17(20-14)21-16(23)12-4-2-3-11(7-12)9-18/h2-8H,1H3,(H,19,22)(H,20,21,23). The highest BCUT2D eigenvalue weighted by Crippen LogP contribution is 2.28. The third kappa shape index (κ3) is 3.39. The number of amides is 2. The van der Waals surface area contributed by atoms with Crippen LogP contribution in [0, 0.1) is 11.3 Å². The number of nitrogens with zero attached hydrogens (tertiary/aromatic N) is 2. The molecule has 0 radical (unpaired) electrons. The molecule has 0 saturated carbocycles. The number of nitriles is 1. The topological polar surface area (TPSA) is 94.9 Å². The van der Waals surface area contributed by atoms with E-state index in [-0.39, 0.29) is 11.8 Å². The van der Waals surface area contributed by atoms with Gasteiger partial charge in [0.1, 0.15) is 0 Å². The van der Waals surface area contributed by atoms with E-state index in [1.54, 1.807) is 36.4 Å². The minimum Gasteiger partial charge on any atom is -0.326 e. The fraction of sp³-hybridized carbons (Fsp3) is 0.0588. The maximum absolute atomic E-state index is 12.3. The van der Waals surface area contributed by atoms with Crippen molar-refractivity contribution in [3.8, 4) is 6.07 Å². The highest BCUT2D eigenvalue weighted by molar-refractivity contribution is 7.22. The molecule has 0 unspecified atom stereocenters. The highest BCUT2D eigenvalue weighted by atomic mass is 32.1. The van der Waals surface area contributed by atoms with E-state index < -0.39 is 0 Å². The van der Waals surface area contributed by atoms with Crippen molar-refractivity contribution in [2.75, 3.05) is 10.6 Å². The molecule has 24 heavy (non-hydrogen) atoms. The van der Waals surface area contributed by atoms with Crippen LogP contribution in [0.25, 0.3) is 10.2 Å². The molecular weight excluding hydrogens is 324 g/mol. The number of hydrogen-bond acceptors (Lipinski definition) is 5. The Labute approximate surface area is 141 Å². The van der Waals surface area contributed by atoms with Gasteiger partial charge in [0.05, 0.1) is 21.8 Å². The van der Waals surface area contributed by atoms with Gasteiger partial charge >= 0.3 is 0 Å². The zero-order chi connectivity index (χ0) is 17.1. The predicted molar refractivity (Wildman–Crippen MR) is 93.0 cm³/mol. The SMILES string of the molecule is CC(=O)Nc1ccc2nc(NC(=O)c3cccc(C#N)c3)sc2c1. The van der Waals surface area contributed by atoms with Gasteiger partial charge in [0, 0.05) is 18.2 Å². The van der Waals surface area contributed by atoms with Crippen LogP contribution in [0.15, 0.2) is 42.5 Å². The second-order valence-electron chi connectivity index (χ2n) is 5.03. The summed E-state index contributed by atoms with van der Waals surface area (Å²) in [5, 5.41) is 14.8. The van der Waals surface area contributed by atoms with Gasteiger partial charge < -0.3 is 5.32 Å². The van der Waals surface area contributed by atoms with Gasteiger partial charge in [-0.25, -0.2) is 4.98 Å². The molecule has 0 spiro atoms. The number of benzene rings is 2. The molecule has 0 fully saturated rings. The Morgan fingerprint density at radius 1 is 1.17 bits per heavy atom. The first-order valence-corrected chi connectivity index (χ1v) is 7.86. The molecule has 2 aromatic carbocycles. The minimum absolute atomic E-state index is 0.148. The summed E-state index contributed by atoms with van der Waals surface area (Å²) in [4.78, 5) is 27.7. The summed E-state index contributed by atoms with van der Waals surface area (Å²) < 4.78 is 0.849. The number of fused-ring (bicyclic) bond motifs is 1. The van der Waals surface area contributed by atoms with Gasteiger partial charge in [-0.3, -0.25) is 14.9 Å². The average molecular weight is 336 g/mol. The minimum atomic E-state index is -0.326. The lowest BCUT2D eigenvalue weighted by Gasteiger charge is -2.01. The lowest BCUT2D eigenvalue weighted by atomic mass is 10.1. The number of aromatic nitrogens is 1. The van der Waals surface area contributed by atoms with E-state index in [2.05, 4.69) is 15.6 Å². The molecule has 0 aliphatic heterocycles. The number of nitrogens with one attached hydrogen (secondary N) is 2. The smallest absolute Gasteiger partial charge is 0.257 e. The summed E-state index contributed by atoms with van der Waals surface area (Å²) in [6.45, 7) is 1.44. The van der Waals surface area contributed by atoms with Crippen molar-refractivity contribution in [2.45, 2.75) is 6.92 Å². The maximum Gasteiger partial charge on any atom is 0.257 e. The molecule has 0 bridgehead atoms. The van der Waals surface area contributed by atoms with Crippen molar-refractivity contribution in [3.05, 3.63) is 53.6 Å². The van der Waals surface area contributed by atoms with Gasteiger partial charge in [-0.2, -0.15) is 5.26 Å². The number of thiazole rings is 1. The van der Waals surface area contributed by atoms with Crippen molar-refractivity contribution < 1.29 is 9.59 Å². The lowest BCUT2D eigenvalue weighted by molar-refractivity contribution is -0.114. The quantitative estimate of drug-likeness (QED) is 0.766. The number of hydrogen-bond donors (Lipinski definition) is 2. The molecule has 7 heteroatoms. The molecule has 0 atom stereocenters. The second-order valence-corrected chi connectivity index (χ2v) is 6.06. The van der Waals surface area contributed by atoms with Crippen LogP contribution in [-0.2, 0) is 4.79 Å². The second kappa shape index (κ2) is 6.48. The molecule has 1 aromatic heterocycles. The van der Waals surface area contributed by atoms with Crippen molar-refractivity contribution in [1.29, 1.82) is 5.26 Å². The Morgan fingerprint density at radius 3 is 2.75 bits per heavy atom. The summed E-state index contributed by atoms with van der Waals surface area (Å²) in [5.41, 5.74) is 2.23. The zero-order valence-corrected chi connectivity index (χ0v) is 13.5. The fourth-order valence-corrected chi connectivity index (χ4v) is 3.06. The summed E-state index contributed by atoms with van der Waals surface area (Å²) in [6, 6.07) is 13.8. The highest BCUT2D eigenvalue weighted by Gasteiger charge is 2.11. The van der Waals surface area contributed by atoms with Crippen molar-refractivity contribution >= 4 is 44.2 Å². The van der Waals surface area contributed by atoms with Crippen LogP contribution in [0.4, 0.5) is 10.8 Å². The fourth-order valence-electron chi connectivity index (χ4n) is 2.16. The van der Waals surface area contributed by atoms with Crippen LogP contribution in [0.5, 0.6) is 0 Å². The van der Waals surface area contributed by atoms with Crippen LogP contribution in [-0.4, -0.2) is 16.8 Å². The summed E-state index contributed by atoms with van der Waals surface area (Å²) in [6.07, 6.45) is 0. The van der Waals surface area contributed by atoms with Gasteiger partial charge in [0.15, 0.2) is 5.13 Å². The Hall–Kier alpha value is -3.24. The van der Waals surface area contributed by atoms with Crippen molar-refractivity contribution in [1.82, 2.24) is 4.98 Å². The van der Waals surface area contributed by atoms with Gasteiger partial charge in [0.25, 0.3) is 5.91 Å². The summed E-state index contributed by atoms with van der Waals surface area (Å²) in [7, 11) is 0. The monoisotopic (exact) mass is 336 g/mol. The van der Waals surface area contributed by atoms with Gasteiger partial charge in [-0.05, 0) is 36.4 Å². The molecule has 118 valence electrons. The third-order valence-corrected chi connectivity index (χ3v) is 4.12. The van der Waals surface area contributed by atoms with Crippen LogP contribution >= 0.6 is 11.3 Å². The molecule has 2 N–H and O–H groups in total. The average Bonchev–Trinajstić information content (AvgIpc) is 2.95. The molecule has 3 rings (SSSR count). The van der Waals surface area contributed by atoms with Crippen LogP contribution in [0.2, 0.25) is 0 Å². The Bertz CT molecular complexity index is 988. The molecule has 2 amide bonds. The number of carbonyl (C=O) groups excluding carboxylic acids is 2. The number of carbonyl (C=O) groups is 2. The van der Waals surface area contributed by atoms with Crippen LogP contribution in [0.3, 0.4) is 0 Å². The van der Waals surface area contributed by atoms with E-state index in [4.69, 9.17) is 5.26 Å². The van der Waals surface area contributed by atoms with Gasteiger partial charge in [-0.1, -0.05) is 17.4 Å². The van der Waals surface area contributed by atoms with Crippen molar-refractivity contribution in [3.63, 3.8) is 0 Å². The predicted octanol–water partition coefficient (Wildman–Crippen LogP) is 3.38. The third-order valence-electron chi connectivity index (χ3n) is 3.18. The van der Waals surface area contributed by atoms with Gasteiger partial charge in [0.2, 0.25) is 5.91 Å². The molecule has 6 nitrogen and oxygen atoms in total. The van der Waals surface area contributed by atoms with E-state index in [1.165, 1.54) is 24.3 Å². The number of anilines is 2. The maximum atomic E-state index is 12.3. The Kier molecular flexibility index (Phi) is 4.22. The Balaban J connectivity index is 1.83. The molecule has 0 aliphatic rings. The normalized spacial score (nSPS) is 10.2. The first-order valence-electron chi connectivity index (χ1n) is 7.05. The zero-order valence-electron chi connectivity index (χ0n) is 12.7. The van der Waals surface area contributed by atoms with E-state index in [1.807, 2.05) is 6.07 Å². The summed E-state index contributed by atoms with van der Waals surface area (Å²) in [5.74, 6) is -0.474. The largest absolute Gasteiger partial charge is 0.326 e. The molecule has 1 heterocycles. The van der Waals surface area contributed by atoms with Gasteiger partial charge in [-0.15, -0.1) is 0 Å². The van der Waals surface area contributed by atoms with Crippen molar-refractivity contribution in [2.24, 2.45) is 0 Å². The van der Waals surface area contributed by atoms with E-state index >= 15 is 0 Å². The molecule has 0 aliphatic carbocycles. The lowest BCUT2D eigenvalue weighted by Crippen LogP contribution is -2.11. The molecule has 3 aromatic rings. The van der Waals surface area contributed by atoms with E-state index in [0.29, 0.717) is 21.9 Å². The number of rotatable bonds is 3. The van der Waals surface area contributed by atoms with Crippen LogP contribution < -0.4 is 10.6 Å². The summed E-state index contributed by atoms with van der Waals surface area (Å²) >= 11 is 1.31.